The van der Waals surface area contributed by atoms with Crippen LogP contribution in [-0.2, 0) is 6.18 Å². The zero-order valence-electron chi connectivity index (χ0n) is 10.3. The first kappa shape index (κ1) is 14.6. The summed E-state index contributed by atoms with van der Waals surface area (Å²) in [5.41, 5.74) is 5.81. The van der Waals surface area contributed by atoms with Crippen molar-refractivity contribution in [2.75, 3.05) is 5.73 Å². The number of nitrogens with zero attached hydrogens (tertiary/aromatic N) is 1. The van der Waals surface area contributed by atoms with E-state index in [1.807, 2.05) is 0 Å². The van der Waals surface area contributed by atoms with Crippen molar-refractivity contribution in [1.82, 2.24) is 4.98 Å². The predicted octanol–water partition coefficient (Wildman–Crippen LogP) is 4.55. The van der Waals surface area contributed by atoms with Gasteiger partial charge in [0.25, 0.3) is 0 Å². The van der Waals surface area contributed by atoms with E-state index in [1.165, 1.54) is 12.3 Å². The normalized spacial score (nSPS) is 11.4. The van der Waals surface area contributed by atoms with E-state index in [4.69, 9.17) is 10.5 Å². The molecule has 0 unspecified atom stereocenters. The molecular weight excluding hydrogens is 337 g/mol. The number of benzene rings is 1. The smallest absolute Gasteiger partial charge is 0.421 e. The Hall–Kier alpha value is -1.76. The molecule has 0 aliphatic carbocycles. The van der Waals surface area contributed by atoms with E-state index in [9.17, 15) is 13.2 Å². The van der Waals surface area contributed by atoms with Gasteiger partial charge in [0.1, 0.15) is 5.56 Å². The highest BCUT2D eigenvalue weighted by atomic mass is 79.9. The molecule has 0 fully saturated rings. The van der Waals surface area contributed by atoms with Gasteiger partial charge in [-0.15, -0.1) is 0 Å². The molecular formula is C13H10BrF3N2O. The lowest BCUT2D eigenvalue weighted by molar-refractivity contribution is -0.138. The number of rotatable bonds is 2. The Morgan fingerprint density at radius 2 is 2.00 bits per heavy atom. The van der Waals surface area contributed by atoms with Crippen molar-refractivity contribution in [2.24, 2.45) is 0 Å². The number of pyridine rings is 1. The van der Waals surface area contributed by atoms with Gasteiger partial charge in [-0.3, -0.25) is 0 Å². The van der Waals surface area contributed by atoms with Crippen LogP contribution in [0.4, 0.5) is 18.9 Å². The van der Waals surface area contributed by atoms with Gasteiger partial charge in [-0.2, -0.15) is 13.2 Å². The van der Waals surface area contributed by atoms with Crippen molar-refractivity contribution in [1.29, 1.82) is 0 Å². The molecule has 1 aromatic heterocycles. The van der Waals surface area contributed by atoms with Crippen LogP contribution in [0.2, 0.25) is 0 Å². The second-order valence-corrected chi connectivity index (χ2v) is 5.01. The number of hydrogen-bond acceptors (Lipinski definition) is 3. The zero-order valence-corrected chi connectivity index (χ0v) is 11.9. The van der Waals surface area contributed by atoms with Crippen molar-refractivity contribution in [2.45, 2.75) is 13.1 Å². The maximum Gasteiger partial charge on any atom is 0.421 e. The van der Waals surface area contributed by atoms with E-state index >= 15 is 0 Å². The van der Waals surface area contributed by atoms with Gasteiger partial charge in [-0.1, -0.05) is 12.1 Å². The fourth-order valence-electron chi connectivity index (χ4n) is 1.56. The van der Waals surface area contributed by atoms with Crippen molar-refractivity contribution in [3.63, 3.8) is 0 Å². The Kier molecular flexibility index (Phi) is 3.89. The molecule has 7 heteroatoms. The molecule has 0 aliphatic heterocycles. The Morgan fingerprint density at radius 1 is 1.30 bits per heavy atom. The summed E-state index contributed by atoms with van der Waals surface area (Å²) in [6.07, 6.45) is -3.33. The summed E-state index contributed by atoms with van der Waals surface area (Å²) in [6, 6.07) is 5.79. The van der Waals surface area contributed by atoms with E-state index in [0.29, 0.717) is 5.56 Å². The van der Waals surface area contributed by atoms with Crippen molar-refractivity contribution in [3.8, 4) is 11.6 Å². The van der Waals surface area contributed by atoms with Gasteiger partial charge in [0, 0.05) is 10.7 Å². The van der Waals surface area contributed by atoms with Crippen molar-refractivity contribution >= 4 is 21.6 Å². The second kappa shape index (κ2) is 5.32. The lowest BCUT2D eigenvalue weighted by Gasteiger charge is -2.14. The van der Waals surface area contributed by atoms with Gasteiger partial charge >= 0.3 is 6.18 Å². The van der Waals surface area contributed by atoms with Crippen LogP contribution in [0.3, 0.4) is 0 Å². The van der Waals surface area contributed by atoms with E-state index in [0.717, 1.165) is 6.07 Å². The first-order chi connectivity index (χ1) is 9.29. The lowest BCUT2D eigenvalue weighted by atomic mass is 10.2. The maximum absolute atomic E-state index is 12.9. The number of halogens is 4. The van der Waals surface area contributed by atoms with E-state index in [1.54, 1.807) is 19.1 Å². The Morgan fingerprint density at radius 3 is 2.65 bits per heavy atom. The summed E-state index contributed by atoms with van der Waals surface area (Å²) in [6.45, 7) is 1.74. The second-order valence-electron chi connectivity index (χ2n) is 4.09. The molecule has 2 aromatic rings. The number of ether oxygens (including phenoxy) is 1. The predicted molar refractivity (Wildman–Crippen MR) is 72.6 cm³/mol. The average Bonchev–Trinajstić information content (AvgIpc) is 2.36. The van der Waals surface area contributed by atoms with Crippen LogP contribution < -0.4 is 10.5 Å². The van der Waals surface area contributed by atoms with Crippen molar-refractivity contribution < 1.29 is 17.9 Å². The van der Waals surface area contributed by atoms with Gasteiger partial charge in [-0.05, 0) is 40.5 Å². The summed E-state index contributed by atoms with van der Waals surface area (Å²) < 4.78 is 44.3. The van der Waals surface area contributed by atoms with Gasteiger partial charge in [0.15, 0.2) is 5.75 Å². The Balaban J connectivity index is 2.46. The molecule has 2 rings (SSSR count). The average molecular weight is 347 g/mol. The summed E-state index contributed by atoms with van der Waals surface area (Å²) in [7, 11) is 0. The fourth-order valence-corrected chi connectivity index (χ4v) is 1.89. The molecule has 1 aromatic carbocycles. The lowest BCUT2D eigenvalue weighted by Crippen LogP contribution is -2.09. The number of aromatic nitrogens is 1. The number of aryl methyl sites for hydroxylation is 1. The molecule has 1 heterocycles. The molecule has 0 spiro atoms. The minimum Gasteiger partial charge on any atom is -0.436 e. The van der Waals surface area contributed by atoms with Crippen LogP contribution in [0.1, 0.15) is 11.1 Å². The third-order valence-electron chi connectivity index (χ3n) is 2.61. The number of nitrogen functional groups attached to an aromatic ring is 1. The molecule has 0 radical (unpaired) electrons. The summed E-state index contributed by atoms with van der Waals surface area (Å²) in [5, 5.41) is 0. The summed E-state index contributed by atoms with van der Waals surface area (Å²) >= 11 is 2.96. The highest BCUT2D eigenvalue weighted by Crippen LogP contribution is 2.39. The topological polar surface area (TPSA) is 48.1 Å². The number of alkyl halides is 3. The number of nitrogens with two attached hydrogens (primary N) is 1. The molecule has 0 bridgehead atoms. The standard InChI is InChI=1S/C13H10BrF3N2O/c1-7-3-2-4-10(11(7)18)20-12-9(13(15,16)17)5-8(14)6-19-12/h2-6H,18H2,1H3. The highest BCUT2D eigenvalue weighted by molar-refractivity contribution is 9.10. The minimum atomic E-state index is -4.56. The molecule has 0 atom stereocenters. The van der Waals surface area contributed by atoms with Crippen molar-refractivity contribution in [3.05, 3.63) is 46.1 Å². The molecule has 0 amide bonds. The van der Waals surface area contributed by atoms with Crippen LogP contribution in [0.5, 0.6) is 11.6 Å². The third kappa shape index (κ3) is 3.04. The quantitative estimate of drug-likeness (QED) is 0.811. The number of para-hydroxylation sites is 1. The number of anilines is 1. The summed E-state index contributed by atoms with van der Waals surface area (Å²) in [5.74, 6) is -0.386. The third-order valence-corrected chi connectivity index (χ3v) is 3.05. The molecule has 0 aliphatic rings. The van der Waals surface area contributed by atoms with Crippen LogP contribution in [0.25, 0.3) is 0 Å². The van der Waals surface area contributed by atoms with Crippen LogP contribution in [-0.4, -0.2) is 4.98 Å². The fraction of sp³-hybridized carbons (Fsp3) is 0.154. The minimum absolute atomic E-state index is 0.144. The molecule has 3 nitrogen and oxygen atoms in total. The molecule has 0 saturated heterocycles. The molecule has 106 valence electrons. The zero-order chi connectivity index (χ0) is 14.9. The molecule has 2 N–H and O–H groups in total. The molecule has 0 saturated carbocycles. The monoisotopic (exact) mass is 346 g/mol. The first-order valence-corrected chi connectivity index (χ1v) is 6.34. The first-order valence-electron chi connectivity index (χ1n) is 5.54. The van der Waals surface area contributed by atoms with Gasteiger partial charge < -0.3 is 10.5 Å². The van der Waals surface area contributed by atoms with E-state index in [2.05, 4.69) is 20.9 Å². The summed E-state index contributed by atoms with van der Waals surface area (Å²) in [4.78, 5) is 3.67. The highest BCUT2D eigenvalue weighted by Gasteiger charge is 2.36. The van der Waals surface area contributed by atoms with Gasteiger partial charge in [-0.25, -0.2) is 4.98 Å². The van der Waals surface area contributed by atoms with Gasteiger partial charge in [0.2, 0.25) is 5.88 Å². The Bertz CT molecular complexity index is 644. The SMILES string of the molecule is Cc1cccc(Oc2ncc(Br)cc2C(F)(F)F)c1N. The van der Waals surface area contributed by atoms with E-state index < -0.39 is 17.6 Å². The maximum atomic E-state index is 12.9. The largest absolute Gasteiger partial charge is 0.436 e. The van der Waals surface area contributed by atoms with Crippen LogP contribution in [0.15, 0.2) is 34.9 Å². The van der Waals surface area contributed by atoms with E-state index in [-0.39, 0.29) is 15.9 Å². The van der Waals surface area contributed by atoms with Gasteiger partial charge in [0.05, 0.1) is 5.69 Å². The van der Waals surface area contributed by atoms with Crippen LogP contribution >= 0.6 is 15.9 Å². The molecule has 20 heavy (non-hydrogen) atoms. The Labute approximate surface area is 121 Å². The number of hydrogen-bond donors (Lipinski definition) is 1. The van der Waals surface area contributed by atoms with Crippen LogP contribution in [0, 0.1) is 6.92 Å².